The van der Waals surface area contributed by atoms with E-state index in [1.54, 1.807) is 0 Å². The van der Waals surface area contributed by atoms with Crippen LogP contribution in [0, 0.1) is 10.8 Å². The third-order valence-electron chi connectivity index (χ3n) is 3.07. The molecule has 19 heavy (non-hydrogen) atoms. The molecule has 0 amide bonds. The van der Waals surface area contributed by atoms with Crippen LogP contribution in [0.1, 0.15) is 60.2 Å². The largest absolute Gasteiger partial charge is 0.339 e. The molecule has 4 nitrogen and oxygen atoms in total. The third-order valence-corrected chi connectivity index (χ3v) is 3.07. The monoisotopic (exact) mass is 267 g/mol. The minimum absolute atomic E-state index is 0.175. The second-order valence-corrected chi connectivity index (χ2v) is 7.52. The van der Waals surface area contributed by atoms with Gasteiger partial charge in [-0.15, -0.1) is 0 Å². The van der Waals surface area contributed by atoms with Gasteiger partial charge < -0.3 is 9.84 Å². The van der Waals surface area contributed by atoms with E-state index in [2.05, 4.69) is 63.9 Å². The summed E-state index contributed by atoms with van der Waals surface area (Å²) in [5, 5.41) is 7.58. The van der Waals surface area contributed by atoms with Crippen LogP contribution in [0.2, 0.25) is 0 Å². The minimum Gasteiger partial charge on any atom is -0.339 e. The molecule has 0 aromatic carbocycles. The fraction of sp³-hybridized carbons (Fsp3) is 0.867. The molecule has 0 aliphatic heterocycles. The van der Waals surface area contributed by atoms with Crippen molar-refractivity contribution in [2.45, 2.75) is 67.3 Å². The van der Waals surface area contributed by atoms with E-state index >= 15 is 0 Å². The van der Waals surface area contributed by atoms with Crippen molar-refractivity contribution in [2.75, 3.05) is 6.54 Å². The van der Waals surface area contributed by atoms with Crippen molar-refractivity contribution >= 4 is 0 Å². The lowest BCUT2D eigenvalue weighted by Crippen LogP contribution is -2.41. The zero-order valence-corrected chi connectivity index (χ0v) is 13.5. The summed E-state index contributed by atoms with van der Waals surface area (Å²) in [6.07, 6.45) is 1.63. The predicted molar refractivity (Wildman–Crippen MR) is 78.1 cm³/mol. The highest BCUT2D eigenvalue weighted by atomic mass is 16.5. The van der Waals surface area contributed by atoms with Crippen LogP contribution >= 0.6 is 0 Å². The normalized spacial score (nSPS) is 14.7. The van der Waals surface area contributed by atoms with E-state index in [1.807, 2.05) is 0 Å². The first kappa shape index (κ1) is 16.2. The summed E-state index contributed by atoms with van der Waals surface area (Å²) >= 11 is 0. The number of nitrogens with zero attached hydrogens (tertiary/aromatic N) is 2. The summed E-state index contributed by atoms with van der Waals surface area (Å²) in [5.74, 6) is 1.55. The van der Waals surface area contributed by atoms with Crippen molar-refractivity contribution in [1.82, 2.24) is 15.5 Å². The van der Waals surface area contributed by atoms with Crippen molar-refractivity contribution in [1.29, 1.82) is 0 Å². The number of hydrogen-bond donors (Lipinski definition) is 1. The maximum atomic E-state index is 5.38. The van der Waals surface area contributed by atoms with E-state index in [-0.39, 0.29) is 10.8 Å². The fourth-order valence-electron chi connectivity index (χ4n) is 2.02. The second kappa shape index (κ2) is 6.04. The van der Waals surface area contributed by atoms with Crippen LogP contribution in [0.3, 0.4) is 0 Å². The molecule has 0 saturated heterocycles. The molecule has 0 spiro atoms. The summed E-state index contributed by atoms with van der Waals surface area (Å²) in [4.78, 5) is 4.51. The molecular formula is C15H29N3O. The molecule has 0 aliphatic rings. The van der Waals surface area contributed by atoms with Gasteiger partial charge in [0.1, 0.15) is 0 Å². The van der Waals surface area contributed by atoms with Crippen molar-refractivity contribution in [3.8, 4) is 0 Å². The lowest BCUT2D eigenvalue weighted by molar-refractivity contribution is 0.247. The van der Waals surface area contributed by atoms with Gasteiger partial charge in [0.25, 0.3) is 0 Å². The van der Waals surface area contributed by atoms with Gasteiger partial charge in [-0.25, -0.2) is 0 Å². The highest BCUT2D eigenvalue weighted by Gasteiger charge is 2.26. The Hall–Kier alpha value is -0.900. The van der Waals surface area contributed by atoms with Gasteiger partial charge in [-0.1, -0.05) is 53.6 Å². The van der Waals surface area contributed by atoms with E-state index in [9.17, 15) is 0 Å². The summed E-state index contributed by atoms with van der Waals surface area (Å²) in [6, 6.07) is 0.348. The Bertz CT molecular complexity index is 385. The Morgan fingerprint density at radius 3 is 2.26 bits per heavy atom. The van der Waals surface area contributed by atoms with Crippen LogP contribution in [0.5, 0.6) is 0 Å². The third kappa shape index (κ3) is 5.72. The van der Waals surface area contributed by atoms with Gasteiger partial charge in [0.15, 0.2) is 5.82 Å². The number of hydrogen-bond acceptors (Lipinski definition) is 4. The molecule has 4 heteroatoms. The Kier molecular flexibility index (Phi) is 5.13. The van der Waals surface area contributed by atoms with Crippen LogP contribution < -0.4 is 5.32 Å². The van der Waals surface area contributed by atoms with Crippen LogP contribution in [0.4, 0.5) is 0 Å². The maximum absolute atomic E-state index is 5.38. The summed E-state index contributed by atoms with van der Waals surface area (Å²) in [6.45, 7) is 16.3. The number of rotatable bonds is 5. The van der Waals surface area contributed by atoms with E-state index in [0.717, 1.165) is 31.1 Å². The highest BCUT2D eigenvalue weighted by molar-refractivity contribution is 4.94. The molecule has 1 rings (SSSR count). The smallest absolute Gasteiger partial charge is 0.228 e. The van der Waals surface area contributed by atoms with Gasteiger partial charge in [-0.3, -0.25) is 0 Å². The van der Waals surface area contributed by atoms with Crippen molar-refractivity contribution in [3.05, 3.63) is 11.7 Å². The zero-order chi connectivity index (χ0) is 14.7. The van der Waals surface area contributed by atoms with Crippen LogP contribution in [-0.4, -0.2) is 22.7 Å². The first-order valence-electron chi connectivity index (χ1n) is 7.16. The quantitative estimate of drug-likeness (QED) is 0.890. The average Bonchev–Trinajstić information content (AvgIpc) is 2.60. The summed E-state index contributed by atoms with van der Waals surface area (Å²) in [5.41, 5.74) is 0.362. The summed E-state index contributed by atoms with van der Waals surface area (Å²) in [7, 11) is 0. The van der Waals surface area contributed by atoms with Gasteiger partial charge in [0.05, 0.1) is 0 Å². The maximum Gasteiger partial charge on any atom is 0.228 e. The van der Waals surface area contributed by atoms with Crippen LogP contribution in [0.25, 0.3) is 0 Å². The Morgan fingerprint density at radius 1 is 1.16 bits per heavy atom. The minimum atomic E-state index is 0.175. The molecule has 1 heterocycles. The Morgan fingerprint density at radius 2 is 1.79 bits per heavy atom. The molecule has 0 bridgehead atoms. The number of nitrogens with one attached hydrogen (secondary N) is 1. The lowest BCUT2D eigenvalue weighted by atomic mass is 9.84. The Labute approximate surface area is 117 Å². The van der Waals surface area contributed by atoms with E-state index in [0.29, 0.717) is 6.04 Å². The molecule has 1 aromatic heterocycles. The van der Waals surface area contributed by atoms with Gasteiger partial charge in [0, 0.05) is 18.9 Å². The molecule has 1 atom stereocenters. The zero-order valence-electron chi connectivity index (χ0n) is 13.5. The first-order valence-corrected chi connectivity index (χ1v) is 7.16. The molecule has 0 fully saturated rings. The molecule has 0 saturated carbocycles. The highest BCUT2D eigenvalue weighted by Crippen LogP contribution is 2.23. The second-order valence-electron chi connectivity index (χ2n) is 7.52. The van der Waals surface area contributed by atoms with E-state index < -0.39 is 0 Å². The van der Waals surface area contributed by atoms with E-state index in [4.69, 9.17) is 4.52 Å². The molecule has 1 unspecified atom stereocenters. The SMILES string of the molecule is CCNC(Cc1nc(CC(C)(C)C)no1)C(C)(C)C. The van der Waals surface area contributed by atoms with Gasteiger partial charge in [-0.2, -0.15) is 4.98 Å². The number of aromatic nitrogens is 2. The van der Waals surface area contributed by atoms with Crippen molar-refractivity contribution in [2.24, 2.45) is 10.8 Å². The Balaban J connectivity index is 2.71. The predicted octanol–water partition coefficient (Wildman–Crippen LogP) is 3.22. The van der Waals surface area contributed by atoms with Crippen LogP contribution in [0.15, 0.2) is 4.52 Å². The van der Waals surface area contributed by atoms with Gasteiger partial charge in [-0.05, 0) is 17.4 Å². The first-order chi connectivity index (χ1) is 8.62. The van der Waals surface area contributed by atoms with Crippen LogP contribution in [-0.2, 0) is 12.8 Å². The fourth-order valence-corrected chi connectivity index (χ4v) is 2.02. The molecule has 1 N–H and O–H groups in total. The van der Waals surface area contributed by atoms with Gasteiger partial charge in [0.2, 0.25) is 5.89 Å². The van der Waals surface area contributed by atoms with Crippen molar-refractivity contribution in [3.63, 3.8) is 0 Å². The molecule has 1 aromatic rings. The summed E-state index contributed by atoms with van der Waals surface area (Å²) < 4.78 is 5.38. The van der Waals surface area contributed by atoms with Crippen molar-refractivity contribution < 1.29 is 4.52 Å². The average molecular weight is 267 g/mol. The molecule has 0 radical (unpaired) electrons. The molecule has 110 valence electrons. The molecular weight excluding hydrogens is 238 g/mol. The topological polar surface area (TPSA) is 51.0 Å². The standard InChI is InChI=1S/C15H29N3O/c1-8-16-11(15(5,6)7)9-13-17-12(18-19-13)10-14(2,3)4/h11,16H,8-10H2,1-7H3. The molecule has 0 aliphatic carbocycles. The lowest BCUT2D eigenvalue weighted by Gasteiger charge is -2.30. The van der Waals surface area contributed by atoms with E-state index in [1.165, 1.54) is 0 Å². The number of likely N-dealkylation sites (N-methyl/N-ethyl adjacent to an activating group) is 1. The van der Waals surface area contributed by atoms with Gasteiger partial charge >= 0.3 is 0 Å².